The van der Waals surface area contributed by atoms with Crippen molar-refractivity contribution in [1.82, 2.24) is 9.80 Å². The van der Waals surface area contributed by atoms with E-state index in [1.807, 2.05) is 13.8 Å². The zero-order valence-corrected chi connectivity index (χ0v) is 11.0. The van der Waals surface area contributed by atoms with Gasteiger partial charge in [-0.05, 0) is 5.92 Å². The molecule has 18 heavy (non-hydrogen) atoms. The predicted octanol–water partition coefficient (Wildman–Crippen LogP) is 0.0339. The average Bonchev–Trinajstić information content (AvgIpc) is 2.56. The number of carbonyl (C=O) groups is 3. The molecule has 1 fully saturated rings. The van der Waals surface area contributed by atoms with Crippen molar-refractivity contribution in [3.05, 3.63) is 0 Å². The van der Waals surface area contributed by atoms with Gasteiger partial charge in [0.25, 0.3) is 0 Å². The van der Waals surface area contributed by atoms with E-state index in [9.17, 15) is 14.4 Å². The second-order valence-corrected chi connectivity index (χ2v) is 5.18. The quantitative estimate of drug-likeness (QED) is 0.753. The first-order chi connectivity index (χ1) is 8.31. The molecule has 0 aromatic carbocycles. The van der Waals surface area contributed by atoms with Crippen LogP contribution in [0.1, 0.15) is 20.3 Å². The molecule has 1 unspecified atom stereocenters. The maximum absolute atomic E-state index is 12.2. The van der Waals surface area contributed by atoms with E-state index in [2.05, 4.69) is 0 Å². The lowest BCUT2D eigenvalue weighted by Crippen LogP contribution is -2.42. The van der Waals surface area contributed by atoms with Crippen LogP contribution in [0, 0.1) is 11.8 Å². The molecule has 0 saturated carbocycles. The molecule has 1 saturated heterocycles. The number of hydrogen-bond acceptors (Lipinski definition) is 3. The van der Waals surface area contributed by atoms with Gasteiger partial charge in [-0.1, -0.05) is 13.8 Å². The molecule has 1 aliphatic heterocycles. The van der Waals surface area contributed by atoms with Crippen LogP contribution in [-0.4, -0.2) is 59.4 Å². The Morgan fingerprint density at radius 1 is 1.50 bits per heavy atom. The molecule has 0 aliphatic carbocycles. The zero-order valence-electron chi connectivity index (χ0n) is 11.0. The fraction of sp³-hybridized carbons (Fsp3) is 0.750. The Balaban J connectivity index is 2.70. The van der Waals surface area contributed by atoms with E-state index in [1.54, 1.807) is 7.05 Å². The highest BCUT2D eigenvalue weighted by Gasteiger charge is 2.35. The molecule has 102 valence electrons. The van der Waals surface area contributed by atoms with Crippen LogP contribution in [0.25, 0.3) is 0 Å². The van der Waals surface area contributed by atoms with Crippen molar-refractivity contribution in [1.29, 1.82) is 0 Å². The number of carbonyl (C=O) groups excluding carboxylic acids is 2. The van der Waals surface area contributed by atoms with Crippen molar-refractivity contribution < 1.29 is 19.5 Å². The van der Waals surface area contributed by atoms with Gasteiger partial charge in [0.05, 0.1) is 5.92 Å². The number of nitrogens with zero attached hydrogens (tertiary/aromatic N) is 2. The fourth-order valence-electron chi connectivity index (χ4n) is 2.12. The number of likely N-dealkylation sites (tertiary alicyclic amines) is 1. The van der Waals surface area contributed by atoms with Crippen LogP contribution in [-0.2, 0) is 14.4 Å². The number of amides is 2. The molecule has 0 aromatic heterocycles. The van der Waals surface area contributed by atoms with Crippen molar-refractivity contribution in [3.8, 4) is 0 Å². The Kier molecular flexibility index (Phi) is 4.69. The topological polar surface area (TPSA) is 77.9 Å². The summed E-state index contributed by atoms with van der Waals surface area (Å²) in [6.45, 7) is 4.33. The smallest absolute Gasteiger partial charge is 0.323 e. The molecule has 1 atom stereocenters. The van der Waals surface area contributed by atoms with Crippen molar-refractivity contribution in [2.75, 3.05) is 26.7 Å². The van der Waals surface area contributed by atoms with E-state index >= 15 is 0 Å². The van der Waals surface area contributed by atoms with Gasteiger partial charge < -0.3 is 14.9 Å². The molecule has 1 rings (SSSR count). The molecule has 6 heteroatoms. The molecule has 0 spiro atoms. The summed E-state index contributed by atoms with van der Waals surface area (Å²) >= 11 is 0. The Hall–Kier alpha value is -1.59. The third-order valence-electron chi connectivity index (χ3n) is 2.91. The van der Waals surface area contributed by atoms with Crippen molar-refractivity contribution >= 4 is 17.8 Å². The van der Waals surface area contributed by atoms with Gasteiger partial charge in [-0.2, -0.15) is 0 Å². The van der Waals surface area contributed by atoms with E-state index in [0.717, 1.165) is 0 Å². The summed E-state index contributed by atoms with van der Waals surface area (Å²) in [6, 6.07) is 0. The molecule has 6 nitrogen and oxygen atoms in total. The lowest BCUT2D eigenvalue weighted by atomic mass is 10.1. The Labute approximate surface area is 107 Å². The first-order valence-corrected chi connectivity index (χ1v) is 6.05. The summed E-state index contributed by atoms with van der Waals surface area (Å²) in [4.78, 5) is 37.2. The third kappa shape index (κ3) is 3.72. The minimum Gasteiger partial charge on any atom is -0.480 e. The molecule has 0 radical (unpaired) electrons. The van der Waals surface area contributed by atoms with Crippen LogP contribution < -0.4 is 0 Å². The molecular formula is C12H20N2O4. The summed E-state index contributed by atoms with van der Waals surface area (Å²) in [5.74, 6) is -1.53. The van der Waals surface area contributed by atoms with Crippen LogP contribution in [0.5, 0.6) is 0 Å². The molecular weight excluding hydrogens is 236 g/mol. The number of carboxylic acid groups (broad SMARTS) is 1. The SMILES string of the molecule is CC(C)CN(CC(=O)O)C(=O)C1CC(=O)N(C)C1. The maximum atomic E-state index is 12.2. The Morgan fingerprint density at radius 2 is 2.11 bits per heavy atom. The summed E-state index contributed by atoms with van der Waals surface area (Å²) in [5.41, 5.74) is 0. The fourth-order valence-corrected chi connectivity index (χ4v) is 2.12. The van der Waals surface area contributed by atoms with Gasteiger partial charge in [0, 0.05) is 26.6 Å². The molecule has 2 amide bonds. The Bertz CT molecular complexity index is 354. The van der Waals surface area contributed by atoms with Crippen LogP contribution in [0.15, 0.2) is 0 Å². The summed E-state index contributed by atoms with van der Waals surface area (Å²) in [7, 11) is 1.65. The summed E-state index contributed by atoms with van der Waals surface area (Å²) < 4.78 is 0. The van der Waals surface area contributed by atoms with Gasteiger partial charge in [-0.15, -0.1) is 0 Å². The largest absolute Gasteiger partial charge is 0.480 e. The van der Waals surface area contributed by atoms with Crippen LogP contribution >= 0.6 is 0 Å². The lowest BCUT2D eigenvalue weighted by Gasteiger charge is -2.25. The van der Waals surface area contributed by atoms with Crippen LogP contribution in [0.4, 0.5) is 0 Å². The van der Waals surface area contributed by atoms with Crippen LogP contribution in [0.3, 0.4) is 0 Å². The van der Waals surface area contributed by atoms with E-state index in [4.69, 9.17) is 5.11 Å². The highest BCUT2D eigenvalue weighted by molar-refractivity contribution is 5.90. The Morgan fingerprint density at radius 3 is 2.50 bits per heavy atom. The van der Waals surface area contributed by atoms with Gasteiger partial charge in [0.1, 0.15) is 6.54 Å². The molecule has 0 bridgehead atoms. The number of hydrogen-bond donors (Lipinski definition) is 1. The standard InChI is InChI=1S/C12H20N2O4/c1-8(2)5-14(7-11(16)17)12(18)9-4-10(15)13(3)6-9/h8-9H,4-7H2,1-3H3,(H,16,17). The molecule has 1 aliphatic rings. The number of aliphatic carboxylic acids is 1. The van der Waals surface area contributed by atoms with Gasteiger partial charge >= 0.3 is 5.97 Å². The molecule has 1 N–H and O–H groups in total. The number of carboxylic acids is 1. The minimum absolute atomic E-state index is 0.0619. The van der Waals surface area contributed by atoms with E-state index < -0.39 is 11.9 Å². The number of rotatable bonds is 5. The third-order valence-corrected chi connectivity index (χ3v) is 2.91. The van der Waals surface area contributed by atoms with Gasteiger partial charge in [-0.25, -0.2) is 0 Å². The maximum Gasteiger partial charge on any atom is 0.323 e. The molecule has 0 aromatic rings. The van der Waals surface area contributed by atoms with Crippen molar-refractivity contribution in [2.24, 2.45) is 11.8 Å². The van der Waals surface area contributed by atoms with Gasteiger partial charge in [0.2, 0.25) is 11.8 Å². The van der Waals surface area contributed by atoms with Gasteiger partial charge in [0.15, 0.2) is 0 Å². The van der Waals surface area contributed by atoms with Crippen LogP contribution in [0.2, 0.25) is 0 Å². The first-order valence-electron chi connectivity index (χ1n) is 6.05. The second-order valence-electron chi connectivity index (χ2n) is 5.18. The summed E-state index contributed by atoms with van der Waals surface area (Å²) in [5, 5.41) is 8.82. The zero-order chi connectivity index (χ0) is 13.9. The monoisotopic (exact) mass is 256 g/mol. The van der Waals surface area contributed by atoms with Crippen molar-refractivity contribution in [3.63, 3.8) is 0 Å². The predicted molar refractivity (Wildman–Crippen MR) is 64.8 cm³/mol. The molecule has 1 heterocycles. The lowest BCUT2D eigenvalue weighted by molar-refractivity contribution is -0.146. The highest BCUT2D eigenvalue weighted by Crippen LogP contribution is 2.19. The summed E-state index contributed by atoms with van der Waals surface area (Å²) in [6.07, 6.45) is 0.184. The van der Waals surface area contributed by atoms with Crippen molar-refractivity contribution in [2.45, 2.75) is 20.3 Å². The second kappa shape index (κ2) is 5.84. The highest BCUT2D eigenvalue weighted by atomic mass is 16.4. The van der Waals surface area contributed by atoms with E-state index in [0.29, 0.717) is 13.1 Å². The van der Waals surface area contributed by atoms with E-state index in [-0.39, 0.29) is 30.7 Å². The van der Waals surface area contributed by atoms with Gasteiger partial charge in [-0.3, -0.25) is 14.4 Å². The normalized spacial score (nSPS) is 19.4. The van der Waals surface area contributed by atoms with E-state index in [1.165, 1.54) is 9.80 Å². The minimum atomic E-state index is -1.03. The first kappa shape index (κ1) is 14.5. The average molecular weight is 256 g/mol.